The molecule has 0 radical (unpaired) electrons. The average molecular weight is 739 g/mol. The number of nitrogens with two attached hydrogens (primary N) is 1. The Bertz CT molecular complexity index is 1410. The normalized spacial score (nSPS) is 40.7. The molecule has 1 amide bonds. The fourth-order valence-corrected chi connectivity index (χ4v) is 13.6. The molecular formula is C43H64BrNO4. The molecule has 0 spiro atoms. The summed E-state index contributed by atoms with van der Waals surface area (Å²) in [5.74, 6) is 2.77. The van der Waals surface area contributed by atoms with Crippen molar-refractivity contribution in [1.29, 1.82) is 0 Å². The fraction of sp³-hybridized carbons (Fsp3) is 0.767. The van der Waals surface area contributed by atoms with E-state index < -0.39 is 0 Å². The number of carbonyl (C=O) groups excluding carboxylic acids is 2. The number of hydrogen-bond acceptors (Lipinski definition) is 4. The lowest BCUT2D eigenvalue weighted by molar-refractivity contribution is -0.249. The van der Waals surface area contributed by atoms with Crippen molar-refractivity contribution in [3.63, 3.8) is 0 Å². The molecule has 0 aliphatic heterocycles. The Morgan fingerprint density at radius 2 is 1.55 bits per heavy atom. The number of primary amides is 1. The monoisotopic (exact) mass is 737 g/mol. The topological polar surface area (TPSA) is 78.6 Å². The predicted molar refractivity (Wildman–Crippen MR) is 200 cm³/mol. The molecule has 49 heavy (non-hydrogen) atoms. The van der Waals surface area contributed by atoms with E-state index >= 15 is 0 Å². The SMILES string of the molecule is C=C(COCc1ccc(Br)cc1)[C@@H]1CC[C@]2(C)CC[C@]3(C)[C@H](CC[C@@H]4[C@@]5(C)CC[C@H](OC(=O)CCCCC(N)=O)C(C)(C)[C@@H]5CC[C@]43C)[C@@H]12. The number of rotatable bonds is 11. The Hall–Kier alpha value is -1.66. The smallest absolute Gasteiger partial charge is 0.306 e. The molecule has 0 unspecified atom stereocenters. The first-order valence-electron chi connectivity index (χ1n) is 19.5. The van der Waals surface area contributed by atoms with E-state index in [2.05, 4.69) is 81.7 Å². The van der Waals surface area contributed by atoms with Crippen LogP contribution in [0.5, 0.6) is 0 Å². The van der Waals surface area contributed by atoms with Crippen molar-refractivity contribution in [2.45, 2.75) is 144 Å². The summed E-state index contributed by atoms with van der Waals surface area (Å²) in [5.41, 5.74) is 9.01. The molecule has 0 aromatic heterocycles. The molecule has 0 heterocycles. The molecule has 2 N–H and O–H groups in total. The van der Waals surface area contributed by atoms with E-state index in [0.29, 0.717) is 78.8 Å². The molecule has 6 rings (SSSR count). The van der Waals surface area contributed by atoms with Crippen molar-refractivity contribution in [3.05, 3.63) is 46.5 Å². The van der Waals surface area contributed by atoms with Gasteiger partial charge in [-0.15, -0.1) is 0 Å². The highest BCUT2D eigenvalue weighted by molar-refractivity contribution is 9.10. The second kappa shape index (κ2) is 13.7. The third-order valence-corrected chi connectivity index (χ3v) is 16.6. The van der Waals surface area contributed by atoms with Gasteiger partial charge in [-0.3, -0.25) is 9.59 Å². The van der Waals surface area contributed by atoms with Crippen LogP contribution in [0.1, 0.15) is 137 Å². The number of ether oxygens (including phenoxy) is 2. The van der Waals surface area contributed by atoms with Crippen LogP contribution in [0.15, 0.2) is 40.9 Å². The van der Waals surface area contributed by atoms with Crippen LogP contribution in [-0.2, 0) is 25.7 Å². The maximum Gasteiger partial charge on any atom is 0.306 e. The van der Waals surface area contributed by atoms with Crippen molar-refractivity contribution in [2.75, 3.05) is 6.61 Å². The van der Waals surface area contributed by atoms with E-state index in [1.807, 2.05) is 0 Å². The van der Waals surface area contributed by atoms with E-state index in [-0.39, 0.29) is 28.8 Å². The third-order valence-electron chi connectivity index (χ3n) is 16.1. The first-order valence-corrected chi connectivity index (χ1v) is 20.3. The average Bonchev–Trinajstić information content (AvgIpc) is 3.39. The summed E-state index contributed by atoms with van der Waals surface area (Å²) >= 11 is 3.54. The van der Waals surface area contributed by atoms with E-state index in [0.717, 1.165) is 23.2 Å². The van der Waals surface area contributed by atoms with Gasteiger partial charge in [0.2, 0.25) is 5.91 Å². The highest BCUT2D eigenvalue weighted by Crippen LogP contribution is 2.77. The van der Waals surface area contributed by atoms with Crippen molar-refractivity contribution in [3.8, 4) is 0 Å². The van der Waals surface area contributed by atoms with E-state index in [9.17, 15) is 9.59 Å². The lowest BCUT2D eigenvalue weighted by Crippen LogP contribution is -2.66. The summed E-state index contributed by atoms with van der Waals surface area (Å²) in [6, 6.07) is 8.45. The van der Waals surface area contributed by atoms with Crippen LogP contribution in [0.3, 0.4) is 0 Å². The molecule has 0 bridgehead atoms. The number of carbonyl (C=O) groups is 2. The van der Waals surface area contributed by atoms with E-state index in [4.69, 9.17) is 21.8 Å². The second-order valence-electron chi connectivity index (χ2n) is 18.8. The van der Waals surface area contributed by atoms with Crippen LogP contribution in [-0.4, -0.2) is 24.6 Å². The number of unbranched alkanes of at least 4 members (excludes halogenated alkanes) is 1. The third kappa shape index (κ3) is 6.51. The molecule has 5 fully saturated rings. The molecular weight excluding hydrogens is 674 g/mol. The lowest BCUT2D eigenvalue weighted by atomic mass is 9.32. The molecule has 5 aliphatic rings. The van der Waals surface area contributed by atoms with Crippen LogP contribution >= 0.6 is 15.9 Å². The summed E-state index contributed by atoms with van der Waals surface area (Å²) in [6.45, 7) is 21.4. The largest absolute Gasteiger partial charge is 0.462 e. The van der Waals surface area contributed by atoms with Gasteiger partial charge < -0.3 is 15.2 Å². The van der Waals surface area contributed by atoms with E-state index in [1.165, 1.54) is 62.5 Å². The summed E-state index contributed by atoms with van der Waals surface area (Å²) in [4.78, 5) is 24.0. The molecule has 5 nitrogen and oxygen atoms in total. The van der Waals surface area contributed by atoms with Crippen molar-refractivity contribution >= 4 is 27.8 Å². The number of hydrogen-bond donors (Lipinski definition) is 1. The van der Waals surface area contributed by atoms with Crippen LogP contribution in [0, 0.1) is 56.7 Å². The number of amides is 1. The lowest BCUT2D eigenvalue weighted by Gasteiger charge is -2.73. The zero-order valence-electron chi connectivity index (χ0n) is 31.4. The first-order chi connectivity index (χ1) is 23.0. The minimum absolute atomic E-state index is 0.0443. The van der Waals surface area contributed by atoms with Crippen LogP contribution in [0.2, 0.25) is 0 Å². The summed E-state index contributed by atoms with van der Waals surface area (Å²) in [5, 5.41) is 0. The minimum atomic E-state index is -0.304. The number of benzene rings is 1. The van der Waals surface area contributed by atoms with Crippen LogP contribution in [0.25, 0.3) is 0 Å². The standard InChI is InChI=1S/C43H64BrNO4/c1-28(26-48-27-29-12-14-30(44)15-13-29)31-18-21-40(4)24-25-42(6)32(38(31)40)16-17-34-41(5)22-20-35(49-37(47)11-9-8-10-36(45)46)39(2,3)33(41)19-23-43(34,42)7/h12-15,31-35,38H,1,8-11,16-27H2,2-7H3,(H2,45,46)/t31-,32+,33-,34+,35-,38+,40+,41-,42+,43+/m0/s1. The maximum atomic E-state index is 12.9. The summed E-state index contributed by atoms with van der Waals surface area (Å²) in [7, 11) is 0. The van der Waals surface area contributed by atoms with Gasteiger partial charge in [-0.2, -0.15) is 0 Å². The van der Waals surface area contributed by atoms with Gasteiger partial charge in [-0.05, 0) is 152 Å². The molecule has 1 aromatic rings. The van der Waals surface area contributed by atoms with E-state index in [1.54, 1.807) is 0 Å². The van der Waals surface area contributed by atoms with Gasteiger partial charge >= 0.3 is 5.97 Å². The Balaban J connectivity index is 1.15. The van der Waals surface area contributed by atoms with Crippen LogP contribution in [0.4, 0.5) is 0 Å². The van der Waals surface area contributed by atoms with Gasteiger partial charge in [0.1, 0.15) is 6.10 Å². The molecule has 0 saturated heterocycles. The van der Waals surface area contributed by atoms with Crippen molar-refractivity contribution in [2.24, 2.45) is 62.4 Å². The Morgan fingerprint density at radius 3 is 2.27 bits per heavy atom. The molecule has 1 aromatic carbocycles. The number of esters is 1. The number of fused-ring (bicyclic) bond motifs is 7. The van der Waals surface area contributed by atoms with Gasteiger partial charge in [0, 0.05) is 22.7 Å². The van der Waals surface area contributed by atoms with Crippen molar-refractivity contribution in [1.82, 2.24) is 0 Å². The molecule has 272 valence electrons. The maximum absolute atomic E-state index is 12.9. The van der Waals surface area contributed by atoms with Crippen molar-refractivity contribution < 1.29 is 19.1 Å². The quantitative estimate of drug-likeness (QED) is 0.139. The zero-order chi connectivity index (χ0) is 35.4. The second-order valence-corrected chi connectivity index (χ2v) is 19.7. The minimum Gasteiger partial charge on any atom is -0.462 e. The highest BCUT2D eigenvalue weighted by Gasteiger charge is 2.70. The Kier molecular flexibility index (Phi) is 10.4. The molecule has 6 heteroatoms. The summed E-state index contributed by atoms with van der Waals surface area (Å²) in [6.07, 6.45) is 14.4. The molecule has 10 atom stereocenters. The van der Waals surface area contributed by atoms with Crippen LogP contribution < -0.4 is 5.73 Å². The molecule has 5 aliphatic carbocycles. The zero-order valence-corrected chi connectivity index (χ0v) is 33.0. The van der Waals surface area contributed by atoms with Gasteiger partial charge in [0.25, 0.3) is 0 Å². The molecule has 5 saturated carbocycles. The number of halogens is 1. The predicted octanol–water partition coefficient (Wildman–Crippen LogP) is 10.6. The van der Waals surface area contributed by atoms with Gasteiger partial charge in [-0.25, -0.2) is 0 Å². The fourth-order valence-electron chi connectivity index (χ4n) is 13.4. The highest BCUT2D eigenvalue weighted by atomic mass is 79.9. The Labute approximate surface area is 305 Å². The van der Waals surface area contributed by atoms with Gasteiger partial charge in [0.05, 0.1) is 13.2 Å². The van der Waals surface area contributed by atoms with Gasteiger partial charge in [0.15, 0.2) is 0 Å². The first kappa shape index (κ1) is 37.1. The van der Waals surface area contributed by atoms with Gasteiger partial charge in [-0.1, -0.05) is 76.2 Å². The summed E-state index contributed by atoms with van der Waals surface area (Å²) < 4.78 is 13.7. The Morgan fingerprint density at radius 1 is 0.837 bits per heavy atom.